The van der Waals surface area contributed by atoms with Gasteiger partial charge in [-0.1, -0.05) is 40.9 Å². The fourth-order valence-electron chi connectivity index (χ4n) is 3.21. The smallest absolute Gasteiger partial charge is 0.266 e. The maximum atomic E-state index is 12.9. The van der Waals surface area contributed by atoms with Gasteiger partial charge in [0, 0.05) is 27.7 Å². The summed E-state index contributed by atoms with van der Waals surface area (Å²) in [5.74, 6) is 0.930. The number of anilines is 1. The molecule has 7 nitrogen and oxygen atoms in total. The lowest BCUT2D eigenvalue weighted by atomic mass is 10.1. The van der Waals surface area contributed by atoms with E-state index in [1.54, 1.807) is 30.3 Å². The number of hydrogen-bond acceptors (Lipinski definition) is 6. The Bertz CT molecular complexity index is 1410. The molecule has 0 atom stereocenters. The molecule has 0 heterocycles. The second kappa shape index (κ2) is 13.1. The normalized spacial score (nSPS) is 10.9. The molecule has 0 aliphatic heterocycles. The van der Waals surface area contributed by atoms with Gasteiger partial charge in [0.05, 0.1) is 35.6 Å². The first kappa shape index (κ1) is 28.7. The quantitative estimate of drug-likeness (QED) is 0.145. The molecule has 0 spiro atoms. The van der Waals surface area contributed by atoms with E-state index in [4.69, 9.17) is 53.8 Å². The minimum Gasteiger partial charge on any atom is -0.495 e. The van der Waals surface area contributed by atoms with E-state index in [0.29, 0.717) is 52.9 Å². The van der Waals surface area contributed by atoms with Crippen molar-refractivity contribution in [3.05, 3.63) is 77.8 Å². The Morgan fingerprint density at radius 2 is 1.68 bits per heavy atom. The molecule has 0 aliphatic carbocycles. The molecule has 0 radical (unpaired) electrons. The first-order valence-corrected chi connectivity index (χ1v) is 12.7. The summed E-state index contributed by atoms with van der Waals surface area (Å²) in [5.41, 5.74) is 1.47. The molecule has 1 amide bonds. The van der Waals surface area contributed by atoms with Gasteiger partial charge in [-0.2, -0.15) is 5.26 Å². The van der Waals surface area contributed by atoms with Gasteiger partial charge in [-0.25, -0.2) is 0 Å². The lowest BCUT2D eigenvalue weighted by Gasteiger charge is -2.15. The standard InChI is InChI=1S/C26H20Cl3IN2O5/c1-34-22-11-21(23(35-2)10-19(22)29)32-26(33)16(12-31)6-14-7-20(30)25(24(8-14)36-3)37-13-15-4-5-17(27)9-18(15)28/h4-11H,13H2,1-3H3,(H,32,33)/b16-6+. The second-order valence-corrected chi connectivity index (χ2v) is 9.78. The fraction of sp³-hybridized carbons (Fsp3) is 0.154. The van der Waals surface area contributed by atoms with Crippen molar-refractivity contribution in [2.75, 3.05) is 26.6 Å². The SMILES string of the molecule is COc1cc(NC(=O)/C(C#N)=C/c2cc(I)c(OCc3ccc(Cl)cc3Cl)c(OC)c2)c(OC)cc1Cl. The third-order valence-corrected chi connectivity index (χ3v) is 6.72. The van der Waals surface area contributed by atoms with Crippen LogP contribution >= 0.6 is 57.4 Å². The Morgan fingerprint density at radius 1 is 0.973 bits per heavy atom. The third kappa shape index (κ3) is 7.14. The molecule has 37 heavy (non-hydrogen) atoms. The third-order valence-electron chi connectivity index (χ3n) is 5.04. The van der Waals surface area contributed by atoms with Crippen molar-refractivity contribution in [2.24, 2.45) is 0 Å². The molecule has 1 N–H and O–H groups in total. The molecule has 0 fully saturated rings. The summed E-state index contributed by atoms with van der Waals surface area (Å²) in [6.07, 6.45) is 1.44. The van der Waals surface area contributed by atoms with Crippen LogP contribution in [-0.2, 0) is 11.4 Å². The number of nitrogens with zero attached hydrogens (tertiary/aromatic N) is 1. The number of halogens is 4. The molecule has 192 valence electrons. The van der Waals surface area contributed by atoms with Crippen LogP contribution in [-0.4, -0.2) is 27.2 Å². The maximum absolute atomic E-state index is 12.9. The first-order valence-electron chi connectivity index (χ1n) is 10.5. The predicted octanol–water partition coefficient (Wildman–Crippen LogP) is 7.40. The van der Waals surface area contributed by atoms with Crippen molar-refractivity contribution in [3.63, 3.8) is 0 Å². The molecule has 0 aromatic heterocycles. The van der Waals surface area contributed by atoms with Gasteiger partial charge in [-0.15, -0.1) is 0 Å². The van der Waals surface area contributed by atoms with Crippen molar-refractivity contribution in [2.45, 2.75) is 6.61 Å². The average molecular weight is 674 g/mol. The summed E-state index contributed by atoms with van der Waals surface area (Å²) >= 11 is 20.4. The van der Waals surface area contributed by atoms with E-state index in [9.17, 15) is 10.1 Å². The highest BCUT2D eigenvalue weighted by Gasteiger charge is 2.17. The van der Waals surface area contributed by atoms with Crippen LogP contribution in [0.5, 0.6) is 23.0 Å². The molecule has 0 aliphatic rings. The number of carbonyl (C=O) groups is 1. The molecular weight excluding hydrogens is 654 g/mol. The summed E-state index contributed by atoms with van der Waals surface area (Å²) in [6, 6.07) is 13.5. The molecule has 11 heteroatoms. The zero-order valence-corrected chi connectivity index (χ0v) is 24.3. The van der Waals surface area contributed by atoms with Gasteiger partial charge in [0.15, 0.2) is 11.5 Å². The van der Waals surface area contributed by atoms with E-state index >= 15 is 0 Å². The molecule has 0 bridgehead atoms. The highest BCUT2D eigenvalue weighted by molar-refractivity contribution is 14.1. The van der Waals surface area contributed by atoms with Gasteiger partial charge in [-0.05, 0) is 58.5 Å². The highest BCUT2D eigenvalue weighted by atomic mass is 127. The Balaban J connectivity index is 1.86. The summed E-state index contributed by atoms with van der Waals surface area (Å²) in [7, 11) is 4.39. The monoisotopic (exact) mass is 672 g/mol. The number of nitriles is 1. The first-order chi connectivity index (χ1) is 17.7. The minimum absolute atomic E-state index is 0.143. The molecule has 3 aromatic rings. The van der Waals surface area contributed by atoms with Crippen molar-refractivity contribution < 1.29 is 23.7 Å². The van der Waals surface area contributed by atoms with Crippen LogP contribution in [0.15, 0.2) is 48.0 Å². The number of rotatable bonds is 9. The van der Waals surface area contributed by atoms with E-state index < -0.39 is 5.91 Å². The summed E-state index contributed by atoms with van der Waals surface area (Å²) in [5, 5.41) is 13.7. The van der Waals surface area contributed by atoms with E-state index in [2.05, 4.69) is 27.9 Å². The zero-order chi connectivity index (χ0) is 27.1. The molecule has 3 rings (SSSR count). The van der Waals surface area contributed by atoms with Crippen LogP contribution in [0.1, 0.15) is 11.1 Å². The van der Waals surface area contributed by atoms with E-state index in [1.807, 2.05) is 6.07 Å². The lowest BCUT2D eigenvalue weighted by molar-refractivity contribution is -0.112. The van der Waals surface area contributed by atoms with Gasteiger partial charge in [0.2, 0.25) is 0 Å². The van der Waals surface area contributed by atoms with Crippen LogP contribution in [0.3, 0.4) is 0 Å². The van der Waals surface area contributed by atoms with Gasteiger partial charge in [0.25, 0.3) is 5.91 Å². The lowest BCUT2D eigenvalue weighted by Crippen LogP contribution is -2.14. The van der Waals surface area contributed by atoms with Gasteiger partial charge in [-0.3, -0.25) is 4.79 Å². The number of ether oxygens (including phenoxy) is 4. The van der Waals surface area contributed by atoms with Gasteiger partial charge in [0.1, 0.15) is 29.7 Å². The Morgan fingerprint density at radius 3 is 2.30 bits per heavy atom. The number of carbonyl (C=O) groups excluding carboxylic acids is 1. The number of nitrogens with one attached hydrogen (secondary N) is 1. The molecule has 0 unspecified atom stereocenters. The highest BCUT2D eigenvalue weighted by Crippen LogP contribution is 2.37. The maximum Gasteiger partial charge on any atom is 0.266 e. The summed E-state index contributed by atoms with van der Waals surface area (Å²) in [6.45, 7) is 0.190. The second-order valence-electron chi connectivity index (χ2n) is 7.37. The zero-order valence-electron chi connectivity index (χ0n) is 19.8. The van der Waals surface area contributed by atoms with Crippen LogP contribution in [0.25, 0.3) is 6.08 Å². The van der Waals surface area contributed by atoms with Crippen molar-refractivity contribution in [1.82, 2.24) is 0 Å². The van der Waals surface area contributed by atoms with E-state index in [1.165, 1.54) is 39.5 Å². The molecular formula is C26H20Cl3IN2O5. The van der Waals surface area contributed by atoms with Crippen LogP contribution in [0.2, 0.25) is 15.1 Å². The average Bonchev–Trinajstić information content (AvgIpc) is 2.87. The molecule has 0 saturated carbocycles. The molecule has 0 saturated heterocycles. The minimum atomic E-state index is -0.642. The summed E-state index contributed by atoms with van der Waals surface area (Å²) < 4.78 is 22.7. The predicted molar refractivity (Wildman–Crippen MR) is 153 cm³/mol. The number of methoxy groups -OCH3 is 3. The summed E-state index contributed by atoms with van der Waals surface area (Å²) in [4.78, 5) is 12.9. The number of amides is 1. The van der Waals surface area contributed by atoms with Crippen LogP contribution < -0.4 is 24.3 Å². The number of hydrogen-bond donors (Lipinski definition) is 1. The Kier molecular flexibility index (Phi) is 10.2. The van der Waals surface area contributed by atoms with E-state index in [-0.39, 0.29) is 12.2 Å². The molecule has 3 aromatic carbocycles. The Hall–Kier alpha value is -2.84. The van der Waals surface area contributed by atoms with Crippen molar-refractivity contribution >= 4 is 75.1 Å². The largest absolute Gasteiger partial charge is 0.495 e. The Labute approximate surface area is 243 Å². The van der Waals surface area contributed by atoms with E-state index in [0.717, 1.165) is 5.56 Å². The van der Waals surface area contributed by atoms with Crippen molar-refractivity contribution in [1.29, 1.82) is 5.26 Å². The van der Waals surface area contributed by atoms with Gasteiger partial charge >= 0.3 is 0 Å². The van der Waals surface area contributed by atoms with Crippen molar-refractivity contribution in [3.8, 4) is 29.1 Å². The fourth-order valence-corrected chi connectivity index (χ4v) is 4.69. The van der Waals surface area contributed by atoms with Gasteiger partial charge < -0.3 is 24.3 Å². The topological polar surface area (TPSA) is 89.8 Å². The number of benzene rings is 3. The van der Waals surface area contributed by atoms with Crippen LogP contribution in [0.4, 0.5) is 5.69 Å². The van der Waals surface area contributed by atoms with Crippen LogP contribution in [0, 0.1) is 14.9 Å².